The van der Waals surface area contributed by atoms with Gasteiger partial charge in [-0.1, -0.05) is 6.92 Å². The monoisotopic (exact) mass is 200 g/mol. The van der Waals surface area contributed by atoms with Gasteiger partial charge in [0.2, 0.25) is 0 Å². The van der Waals surface area contributed by atoms with Crippen LogP contribution in [0.1, 0.15) is 33.6 Å². The van der Waals surface area contributed by atoms with Gasteiger partial charge in [0.1, 0.15) is 5.60 Å². The van der Waals surface area contributed by atoms with Crippen molar-refractivity contribution in [2.75, 3.05) is 13.1 Å². The summed E-state index contributed by atoms with van der Waals surface area (Å²) in [5.74, 6) is 0. The Morgan fingerprint density at radius 3 is 2.86 bits per heavy atom. The molecule has 0 radical (unpaired) electrons. The van der Waals surface area contributed by atoms with Crippen molar-refractivity contribution in [3.63, 3.8) is 0 Å². The summed E-state index contributed by atoms with van der Waals surface area (Å²) in [4.78, 5) is 11.4. The fourth-order valence-electron chi connectivity index (χ4n) is 1.30. The zero-order valence-corrected chi connectivity index (χ0v) is 9.22. The molecule has 0 aromatic carbocycles. The van der Waals surface area contributed by atoms with E-state index < -0.39 is 0 Å². The van der Waals surface area contributed by atoms with Gasteiger partial charge in [-0.25, -0.2) is 4.79 Å². The molecule has 0 unspecified atom stereocenters. The lowest BCUT2D eigenvalue weighted by molar-refractivity contribution is 0.0347. The minimum absolute atomic E-state index is 0.232. The molecule has 1 atom stereocenters. The van der Waals surface area contributed by atoms with Crippen molar-refractivity contribution in [1.29, 1.82) is 0 Å². The summed E-state index contributed by atoms with van der Waals surface area (Å²) in [6.07, 6.45) is 1.51. The number of nitrogens with one attached hydrogen (secondary N) is 2. The van der Waals surface area contributed by atoms with Crippen molar-refractivity contribution < 1.29 is 9.53 Å². The standard InChI is InChI=1S/C10H20N2O2/c1-4-10(2,3)14-9(13)12-8-5-6-11-7-8/h8,11H,4-7H2,1-3H3,(H,12,13)/t8-/m1/s1. The molecule has 0 aromatic heterocycles. The van der Waals surface area contributed by atoms with Gasteiger partial charge in [0.25, 0.3) is 0 Å². The van der Waals surface area contributed by atoms with Crippen LogP contribution in [0.15, 0.2) is 0 Å². The van der Waals surface area contributed by atoms with E-state index in [1.165, 1.54) is 0 Å². The highest BCUT2D eigenvalue weighted by molar-refractivity contribution is 5.68. The van der Waals surface area contributed by atoms with E-state index in [0.717, 1.165) is 25.9 Å². The van der Waals surface area contributed by atoms with E-state index in [1.54, 1.807) is 0 Å². The van der Waals surface area contributed by atoms with Gasteiger partial charge in [-0.05, 0) is 33.2 Å². The van der Waals surface area contributed by atoms with Gasteiger partial charge in [0, 0.05) is 12.6 Å². The van der Waals surface area contributed by atoms with E-state index in [1.807, 2.05) is 20.8 Å². The average molecular weight is 200 g/mol. The molecular formula is C10H20N2O2. The van der Waals surface area contributed by atoms with Crippen LogP contribution in [0, 0.1) is 0 Å². The van der Waals surface area contributed by atoms with Crippen molar-refractivity contribution in [2.24, 2.45) is 0 Å². The van der Waals surface area contributed by atoms with Crippen LogP contribution >= 0.6 is 0 Å². The molecule has 1 heterocycles. The molecule has 1 amide bonds. The molecule has 0 aromatic rings. The third-order valence-electron chi connectivity index (χ3n) is 2.60. The minimum Gasteiger partial charge on any atom is -0.444 e. The van der Waals surface area contributed by atoms with Crippen molar-refractivity contribution in [1.82, 2.24) is 10.6 Å². The highest BCUT2D eigenvalue weighted by Crippen LogP contribution is 2.13. The van der Waals surface area contributed by atoms with Gasteiger partial charge < -0.3 is 15.4 Å². The normalized spacial score (nSPS) is 22.1. The average Bonchev–Trinajstić information content (AvgIpc) is 2.55. The van der Waals surface area contributed by atoms with Crippen LogP contribution in [-0.2, 0) is 4.74 Å². The number of hydrogen-bond acceptors (Lipinski definition) is 3. The molecule has 0 aliphatic carbocycles. The largest absolute Gasteiger partial charge is 0.444 e. The summed E-state index contributed by atoms with van der Waals surface area (Å²) >= 11 is 0. The highest BCUT2D eigenvalue weighted by atomic mass is 16.6. The zero-order valence-electron chi connectivity index (χ0n) is 9.22. The summed E-state index contributed by atoms with van der Waals surface area (Å²) in [6, 6.07) is 0.232. The Morgan fingerprint density at radius 2 is 2.36 bits per heavy atom. The summed E-state index contributed by atoms with van der Waals surface area (Å²) in [6.45, 7) is 7.66. The SMILES string of the molecule is CCC(C)(C)OC(=O)N[C@@H]1CCNC1. The van der Waals surface area contributed by atoms with Gasteiger partial charge in [0.15, 0.2) is 0 Å². The first-order valence-corrected chi connectivity index (χ1v) is 5.24. The maximum absolute atomic E-state index is 11.4. The number of hydrogen-bond donors (Lipinski definition) is 2. The van der Waals surface area contributed by atoms with Gasteiger partial charge in [0.05, 0.1) is 0 Å². The van der Waals surface area contributed by atoms with Crippen LogP contribution in [0.4, 0.5) is 4.79 Å². The van der Waals surface area contributed by atoms with Crippen LogP contribution in [0.5, 0.6) is 0 Å². The molecule has 4 nitrogen and oxygen atoms in total. The quantitative estimate of drug-likeness (QED) is 0.721. The second kappa shape index (κ2) is 4.64. The number of amides is 1. The first-order valence-electron chi connectivity index (χ1n) is 5.24. The van der Waals surface area contributed by atoms with E-state index in [2.05, 4.69) is 10.6 Å². The molecule has 0 bridgehead atoms. The van der Waals surface area contributed by atoms with Crippen LogP contribution in [0.2, 0.25) is 0 Å². The van der Waals surface area contributed by atoms with Crippen molar-refractivity contribution >= 4 is 6.09 Å². The molecular weight excluding hydrogens is 180 g/mol. The highest BCUT2D eigenvalue weighted by Gasteiger charge is 2.23. The Morgan fingerprint density at radius 1 is 1.64 bits per heavy atom. The summed E-state index contributed by atoms with van der Waals surface area (Å²) in [7, 11) is 0. The maximum atomic E-state index is 11.4. The molecule has 1 aliphatic rings. The number of alkyl carbamates (subject to hydrolysis) is 1. The van der Waals surface area contributed by atoms with Crippen molar-refractivity contribution in [3.8, 4) is 0 Å². The minimum atomic E-state index is -0.365. The molecule has 0 spiro atoms. The first-order chi connectivity index (χ1) is 6.53. The van der Waals surface area contributed by atoms with Gasteiger partial charge in [-0.2, -0.15) is 0 Å². The van der Waals surface area contributed by atoms with E-state index in [4.69, 9.17) is 4.74 Å². The molecule has 2 N–H and O–H groups in total. The second-order valence-electron chi connectivity index (χ2n) is 4.34. The van der Waals surface area contributed by atoms with E-state index >= 15 is 0 Å². The van der Waals surface area contributed by atoms with Gasteiger partial charge >= 0.3 is 6.09 Å². The lowest BCUT2D eigenvalue weighted by Gasteiger charge is -2.24. The third kappa shape index (κ3) is 3.54. The Balaban J connectivity index is 2.27. The first kappa shape index (κ1) is 11.3. The van der Waals surface area contributed by atoms with Crippen LogP contribution in [0.25, 0.3) is 0 Å². The Labute approximate surface area is 85.4 Å². The Bertz CT molecular complexity index is 198. The van der Waals surface area contributed by atoms with Crippen molar-refractivity contribution in [2.45, 2.75) is 45.3 Å². The summed E-state index contributed by atoms with van der Waals surface area (Å²) in [5, 5.41) is 6.03. The smallest absolute Gasteiger partial charge is 0.407 e. The fraction of sp³-hybridized carbons (Fsp3) is 0.900. The summed E-state index contributed by atoms with van der Waals surface area (Å²) in [5.41, 5.74) is -0.365. The molecule has 1 saturated heterocycles. The number of ether oxygens (including phenoxy) is 1. The Kier molecular flexibility index (Phi) is 3.75. The van der Waals surface area contributed by atoms with Crippen LogP contribution in [-0.4, -0.2) is 30.8 Å². The predicted octanol–water partition coefficient (Wildman–Crippen LogP) is 1.26. The summed E-state index contributed by atoms with van der Waals surface area (Å²) < 4.78 is 5.27. The number of rotatable bonds is 3. The lowest BCUT2D eigenvalue weighted by Crippen LogP contribution is -2.40. The zero-order chi connectivity index (χ0) is 10.6. The molecule has 14 heavy (non-hydrogen) atoms. The lowest BCUT2D eigenvalue weighted by atomic mass is 10.1. The molecule has 0 saturated carbocycles. The molecule has 1 aliphatic heterocycles. The van der Waals surface area contributed by atoms with E-state index in [0.29, 0.717) is 0 Å². The molecule has 1 rings (SSSR count). The van der Waals surface area contributed by atoms with Crippen LogP contribution < -0.4 is 10.6 Å². The predicted molar refractivity (Wildman–Crippen MR) is 55.3 cm³/mol. The number of carbonyl (C=O) groups is 1. The molecule has 82 valence electrons. The van der Waals surface area contributed by atoms with E-state index in [-0.39, 0.29) is 17.7 Å². The van der Waals surface area contributed by atoms with E-state index in [9.17, 15) is 4.79 Å². The third-order valence-corrected chi connectivity index (χ3v) is 2.60. The number of carbonyl (C=O) groups excluding carboxylic acids is 1. The van der Waals surface area contributed by atoms with Gasteiger partial charge in [-0.15, -0.1) is 0 Å². The Hall–Kier alpha value is -0.770. The topological polar surface area (TPSA) is 50.4 Å². The van der Waals surface area contributed by atoms with Crippen molar-refractivity contribution in [3.05, 3.63) is 0 Å². The van der Waals surface area contributed by atoms with Gasteiger partial charge in [-0.3, -0.25) is 0 Å². The molecule has 1 fully saturated rings. The fourth-order valence-corrected chi connectivity index (χ4v) is 1.30. The van der Waals surface area contributed by atoms with Crippen LogP contribution in [0.3, 0.4) is 0 Å². The molecule has 4 heteroatoms. The maximum Gasteiger partial charge on any atom is 0.407 e. The second-order valence-corrected chi connectivity index (χ2v) is 4.34.